The number of rotatable bonds is 16. The molecule has 0 aliphatic rings. The third-order valence-corrected chi connectivity index (χ3v) is 7.29. The van der Waals surface area contributed by atoms with Gasteiger partial charge in [0.2, 0.25) is 0 Å². The number of methoxy groups -OCH3 is 1. The quantitative estimate of drug-likeness (QED) is 0.125. The van der Waals surface area contributed by atoms with Gasteiger partial charge in [-0.2, -0.15) is 0 Å². The lowest BCUT2D eigenvalue weighted by molar-refractivity contribution is -0.164. The van der Waals surface area contributed by atoms with Crippen LogP contribution in [0.2, 0.25) is 0 Å². The minimum Gasteiger partial charge on any atom is -0.497 e. The van der Waals surface area contributed by atoms with Gasteiger partial charge in [0.1, 0.15) is 17.1 Å². The molecule has 242 valence electrons. The number of carbonyl (C=O) groups excluding carboxylic acids is 4. The largest absolute Gasteiger partial charge is 0.497 e. The summed E-state index contributed by atoms with van der Waals surface area (Å²) < 4.78 is 32.6. The molecule has 0 radical (unpaired) electrons. The number of para-hydroxylation sites is 1. The summed E-state index contributed by atoms with van der Waals surface area (Å²) in [5.41, 5.74) is 0.542. The molecule has 0 bridgehead atoms. The molecule has 0 spiro atoms. The first kappa shape index (κ1) is 34.8. The molecule has 2 atom stereocenters. The van der Waals surface area contributed by atoms with E-state index in [9.17, 15) is 24.0 Å². The van der Waals surface area contributed by atoms with Gasteiger partial charge in [-0.05, 0) is 69.9 Å². The van der Waals surface area contributed by atoms with Crippen LogP contribution in [0.25, 0.3) is 11.0 Å². The normalized spacial score (nSPS) is 12.4. The number of hydrogen-bond donors (Lipinski definition) is 0. The highest BCUT2D eigenvalue weighted by atomic mass is 16.6. The van der Waals surface area contributed by atoms with Gasteiger partial charge >= 0.3 is 23.9 Å². The fourth-order valence-corrected chi connectivity index (χ4v) is 5.33. The van der Waals surface area contributed by atoms with E-state index in [1.165, 1.54) is 13.2 Å². The Kier molecular flexibility index (Phi) is 13.1. The minimum absolute atomic E-state index is 0.00399. The van der Waals surface area contributed by atoms with Gasteiger partial charge in [-0.15, -0.1) is 0 Å². The standard InChI is InChI=1S/C34H40O11/c1-6-41-31(36)29(32(37)42-7-2)22(18-24-20-27(35)25-12-10-11-13-28(25)45-24)19-26(21-14-16-23(40-5)17-15-21)30(33(38)43-8-3)34(39)44-9-4/h10-17,20,22,26,29-30H,6-9,18-19H2,1-5H3. The lowest BCUT2D eigenvalue weighted by Gasteiger charge is -2.31. The Morgan fingerprint density at radius 1 is 0.711 bits per heavy atom. The lowest BCUT2D eigenvalue weighted by atomic mass is 9.74. The predicted octanol–water partition coefficient (Wildman–Crippen LogP) is 4.62. The Labute approximate surface area is 261 Å². The van der Waals surface area contributed by atoms with Gasteiger partial charge in [-0.1, -0.05) is 24.3 Å². The fourth-order valence-electron chi connectivity index (χ4n) is 5.33. The zero-order chi connectivity index (χ0) is 32.9. The summed E-state index contributed by atoms with van der Waals surface area (Å²) in [5.74, 6) is -7.45. The van der Waals surface area contributed by atoms with E-state index < -0.39 is 47.5 Å². The summed E-state index contributed by atoms with van der Waals surface area (Å²) in [6, 6.07) is 14.7. The molecule has 11 heteroatoms. The van der Waals surface area contributed by atoms with Crippen molar-refractivity contribution in [1.82, 2.24) is 0 Å². The fraction of sp³-hybridized carbons (Fsp3) is 0.441. The van der Waals surface area contributed by atoms with Crippen LogP contribution < -0.4 is 10.2 Å². The highest BCUT2D eigenvalue weighted by Gasteiger charge is 2.45. The van der Waals surface area contributed by atoms with Crippen LogP contribution in [0.5, 0.6) is 5.75 Å². The Hall–Kier alpha value is -4.67. The maximum atomic E-state index is 13.4. The third-order valence-electron chi connectivity index (χ3n) is 7.29. The van der Waals surface area contributed by atoms with Gasteiger partial charge in [-0.25, -0.2) is 0 Å². The number of esters is 4. The van der Waals surface area contributed by atoms with Crippen molar-refractivity contribution in [1.29, 1.82) is 0 Å². The molecule has 0 amide bonds. The number of benzene rings is 2. The van der Waals surface area contributed by atoms with E-state index in [0.29, 0.717) is 22.3 Å². The molecular weight excluding hydrogens is 584 g/mol. The molecule has 11 nitrogen and oxygen atoms in total. The van der Waals surface area contributed by atoms with Crippen molar-refractivity contribution in [3.8, 4) is 5.75 Å². The molecule has 1 heterocycles. The Bertz CT molecular complexity index is 1470. The van der Waals surface area contributed by atoms with Crippen molar-refractivity contribution in [2.45, 2.75) is 46.5 Å². The maximum absolute atomic E-state index is 13.4. The SMILES string of the molecule is CCOC(=O)C(C(=O)OCC)C(Cc1cc(=O)c2ccccc2o1)CC(c1ccc(OC)cc1)C(C(=O)OCC)C(=O)OCC. The number of fused-ring (bicyclic) bond motifs is 1. The zero-order valence-corrected chi connectivity index (χ0v) is 26.2. The van der Waals surface area contributed by atoms with Gasteiger partial charge in [-0.3, -0.25) is 24.0 Å². The van der Waals surface area contributed by atoms with Gasteiger partial charge in [0, 0.05) is 18.4 Å². The van der Waals surface area contributed by atoms with E-state index in [1.54, 1.807) is 76.2 Å². The van der Waals surface area contributed by atoms with Crippen molar-refractivity contribution in [2.75, 3.05) is 33.5 Å². The van der Waals surface area contributed by atoms with Gasteiger partial charge in [0.05, 0.1) is 38.9 Å². The van der Waals surface area contributed by atoms with Crippen LogP contribution in [0.3, 0.4) is 0 Å². The minimum atomic E-state index is -1.48. The Balaban J connectivity index is 2.24. The van der Waals surface area contributed by atoms with E-state index in [4.69, 9.17) is 28.1 Å². The van der Waals surface area contributed by atoms with Crippen LogP contribution in [0.4, 0.5) is 0 Å². The van der Waals surface area contributed by atoms with Gasteiger partial charge < -0.3 is 28.1 Å². The molecule has 1 aromatic heterocycles. The molecule has 2 aromatic carbocycles. The second-order valence-electron chi connectivity index (χ2n) is 10.1. The summed E-state index contributed by atoms with van der Waals surface area (Å²) in [6.45, 7) is 6.43. The first-order chi connectivity index (χ1) is 21.7. The van der Waals surface area contributed by atoms with E-state index in [2.05, 4.69) is 0 Å². The van der Waals surface area contributed by atoms with Crippen LogP contribution in [0.15, 0.2) is 63.8 Å². The van der Waals surface area contributed by atoms with E-state index in [0.717, 1.165) is 0 Å². The maximum Gasteiger partial charge on any atom is 0.320 e. The average molecular weight is 625 g/mol. The van der Waals surface area contributed by atoms with Crippen LogP contribution in [0, 0.1) is 17.8 Å². The van der Waals surface area contributed by atoms with Crippen molar-refractivity contribution in [3.63, 3.8) is 0 Å². The lowest BCUT2D eigenvalue weighted by Crippen LogP contribution is -2.39. The van der Waals surface area contributed by atoms with E-state index in [1.807, 2.05) is 0 Å². The molecule has 3 aromatic rings. The molecule has 2 unspecified atom stereocenters. The van der Waals surface area contributed by atoms with Crippen molar-refractivity contribution in [3.05, 3.63) is 76.1 Å². The first-order valence-corrected chi connectivity index (χ1v) is 15.0. The molecule has 0 N–H and O–H groups in total. The zero-order valence-electron chi connectivity index (χ0n) is 26.2. The van der Waals surface area contributed by atoms with Crippen LogP contribution in [0.1, 0.15) is 51.4 Å². The summed E-state index contributed by atoms with van der Waals surface area (Å²) in [4.78, 5) is 66.5. The number of ether oxygens (including phenoxy) is 5. The predicted molar refractivity (Wildman–Crippen MR) is 164 cm³/mol. The second kappa shape index (κ2) is 17.0. The van der Waals surface area contributed by atoms with Crippen molar-refractivity contribution >= 4 is 34.8 Å². The van der Waals surface area contributed by atoms with Crippen LogP contribution >= 0.6 is 0 Å². The van der Waals surface area contributed by atoms with Gasteiger partial charge in [0.25, 0.3) is 0 Å². The summed E-state index contributed by atoms with van der Waals surface area (Å²) in [7, 11) is 1.50. The molecule has 0 saturated carbocycles. The van der Waals surface area contributed by atoms with Crippen LogP contribution in [-0.2, 0) is 44.5 Å². The Morgan fingerprint density at radius 2 is 1.22 bits per heavy atom. The second-order valence-corrected chi connectivity index (χ2v) is 10.1. The van der Waals surface area contributed by atoms with Crippen molar-refractivity contribution in [2.24, 2.45) is 17.8 Å². The van der Waals surface area contributed by atoms with Crippen LogP contribution in [-0.4, -0.2) is 57.4 Å². The topological polar surface area (TPSA) is 145 Å². The Morgan fingerprint density at radius 3 is 1.73 bits per heavy atom. The van der Waals surface area contributed by atoms with E-state index >= 15 is 0 Å². The smallest absolute Gasteiger partial charge is 0.320 e. The summed E-state index contributed by atoms with van der Waals surface area (Å²) in [5, 5.41) is 0.367. The molecule has 0 saturated heterocycles. The molecule has 0 fully saturated rings. The molecular formula is C34H40O11. The van der Waals surface area contributed by atoms with Crippen molar-refractivity contribution < 1.29 is 47.3 Å². The van der Waals surface area contributed by atoms with Gasteiger partial charge in [0.15, 0.2) is 17.3 Å². The van der Waals surface area contributed by atoms with E-state index in [-0.39, 0.29) is 50.5 Å². The monoisotopic (exact) mass is 624 g/mol. The summed E-state index contributed by atoms with van der Waals surface area (Å²) >= 11 is 0. The number of hydrogen-bond acceptors (Lipinski definition) is 11. The molecule has 3 rings (SSSR count). The molecule has 0 aliphatic carbocycles. The molecule has 45 heavy (non-hydrogen) atoms. The average Bonchev–Trinajstić information content (AvgIpc) is 3.01. The third kappa shape index (κ3) is 8.93. The number of carbonyl (C=O) groups is 4. The highest BCUT2D eigenvalue weighted by molar-refractivity contribution is 5.97. The first-order valence-electron chi connectivity index (χ1n) is 15.0. The highest BCUT2D eigenvalue weighted by Crippen LogP contribution is 2.38. The summed E-state index contributed by atoms with van der Waals surface area (Å²) in [6.07, 6.45) is -0.207. The molecule has 0 aliphatic heterocycles.